The largest absolute Gasteiger partial charge is 0.318 e. The molecule has 3 heterocycles. The maximum atomic E-state index is 12.7. The maximum absolute atomic E-state index is 12.7. The number of benzene rings is 1. The molecular formula is C21H26N6O. The third kappa shape index (κ3) is 3.57. The molecule has 4 rings (SSSR count). The highest BCUT2D eigenvalue weighted by Crippen LogP contribution is 2.22. The van der Waals surface area contributed by atoms with Gasteiger partial charge in [0.1, 0.15) is 0 Å². The molecule has 7 heteroatoms. The van der Waals surface area contributed by atoms with E-state index >= 15 is 0 Å². The van der Waals surface area contributed by atoms with Crippen LogP contribution in [-0.2, 0) is 0 Å². The van der Waals surface area contributed by atoms with Crippen molar-refractivity contribution >= 4 is 11.6 Å². The van der Waals surface area contributed by atoms with Gasteiger partial charge in [-0.05, 0) is 63.4 Å². The van der Waals surface area contributed by atoms with E-state index in [9.17, 15) is 4.79 Å². The third-order valence-electron chi connectivity index (χ3n) is 5.34. The minimum absolute atomic E-state index is 0.217. The molecule has 7 nitrogen and oxygen atoms in total. The second kappa shape index (κ2) is 7.59. The number of carbonyl (C=O) groups is 1. The first kappa shape index (κ1) is 18.4. The first-order valence-corrected chi connectivity index (χ1v) is 9.72. The molecule has 1 atom stereocenters. The Morgan fingerprint density at radius 2 is 2.11 bits per heavy atom. The van der Waals surface area contributed by atoms with E-state index in [4.69, 9.17) is 0 Å². The van der Waals surface area contributed by atoms with Crippen LogP contribution >= 0.6 is 0 Å². The van der Waals surface area contributed by atoms with E-state index in [1.165, 1.54) is 5.56 Å². The van der Waals surface area contributed by atoms with Crippen molar-refractivity contribution in [3.63, 3.8) is 0 Å². The summed E-state index contributed by atoms with van der Waals surface area (Å²) in [6, 6.07) is 8.34. The SMILES string of the molecule is Cc1ccc(C)c(-n2ncc(NC(=O)c3ccn(C4CCCNC4)n3)c2C)c1. The Kier molecular flexibility index (Phi) is 5.00. The van der Waals surface area contributed by atoms with Crippen LogP contribution in [0.5, 0.6) is 0 Å². The minimum atomic E-state index is -0.217. The summed E-state index contributed by atoms with van der Waals surface area (Å²) in [6.45, 7) is 8.01. The molecule has 0 spiro atoms. The van der Waals surface area contributed by atoms with E-state index in [0.717, 1.165) is 42.9 Å². The number of amides is 1. The van der Waals surface area contributed by atoms with Gasteiger partial charge < -0.3 is 10.6 Å². The Labute approximate surface area is 164 Å². The molecule has 2 N–H and O–H groups in total. The molecule has 0 radical (unpaired) electrons. The fourth-order valence-corrected chi connectivity index (χ4v) is 3.63. The number of piperidine rings is 1. The lowest BCUT2D eigenvalue weighted by Crippen LogP contribution is -2.32. The number of rotatable bonds is 4. The molecule has 0 saturated carbocycles. The number of aromatic nitrogens is 4. The number of aryl methyl sites for hydroxylation is 2. The van der Waals surface area contributed by atoms with Crippen LogP contribution in [0.25, 0.3) is 5.69 Å². The fourth-order valence-electron chi connectivity index (χ4n) is 3.63. The van der Waals surface area contributed by atoms with Gasteiger partial charge in [-0.3, -0.25) is 9.48 Å². The van der Waals surface area contributed by atoms with Crippen molar-refractivity contribution in [2.45, 2.75) is 39.7 Å². The predicted molar refractivity (Wildman–Crippen MR) is 109 cm³/mol. The van der Waals surface area contributed by atoms with Gasteiger partial charge in [0.05, 0.1) is 29.3 Å². The zero-order valence-corrected chi connectivity index (χ0v) is 16.6. The molecule has 1 aliphatic heterocycles. The molecule has 0 bridgehead atoms. The van der Waals surface area contributed by atoms with E-state index in [0.29, 0.717) is 17.4 Å². The van der Waals surface area contributed by atoms with E-state index in [1.807, 2.05) is 22.5 Å². The van der Waals surface area contributed by atoms with Gasteiger partial charge in [-0.1, -0.05) is 12.1 Å². The van der Waals surface area contributed by atoms with Gasteiger partial charge in [-0.15, -0.1) is 0 Å². The first-order valence-electron chi connectivity index (χ1n) is 9.72. The molecule has 2 aromatic heterocycles. The van der Waals surface area contributed by atoms with E-state index in [2.05, 4.69) is 52.9 Å². The second-order valence-corrected chi connectivity index (χ2v) is 7.48. The summed E-state index contributed by atoms with van der Waals surface area (Å²) in [4.78, 5) is 12.7. The Morgan fingerprint density at radius 1 is 1.25 bits per heavy atom. The summed E-state index contributed by atoms with van der Waals surface area (Å²) in [5, 5.41) is 15.3. The highest BCUT2D eigenvalue weighted by molar-refractivity contribution is 6.03. The zero-order chi connectivity index (χ0) is 19.7. The third-order valence-corrected chi connectivity index (χ3v) is 5.34. The standard InChI is InChI=1S/C21H26N6O/c1-14-6-7-15(2)20(11-14)27-16(3)19(13-23-27)24-21(28)18-8-10-26(25-18)17-5-4-9-22-12-17/h6-8,10-11,13,17,22H,4-5,9,12H2,1-3H3,(H,24,28). The Bertz CT molecular complexity index is 996. The second-order valence-electron chi connectivity index (χ2n) is 7.48. The van der Waals surface area contributed by atoms with Crippen LogP contribution in [-0.4, -0.2) is 38.6 Å². The molecule has 146 valence electrons. The molecule has 0 aliphatic carbocycles. The van der Waals surface area contributed by atoms with Crippen LogP contribution in [0.3, 0.4) is 0 Å². The smallest absolute Gasteiger partial charge is 0.276 e. The van der Waals surface area contributed by atoms with Gasteiger partial charge in [-0.2, -0.15) is 10.2 Å². The highest BCUT2D eigenvalue weighted by atomic mass is 16.2. The molecule has 1 aliphatic rings. The Balaban J connectivity index is 1.52. The van der Waals surface area contributed by atoms with Crippen LogP contribution in [0.4, 0.5) is 5.69 Å². The Morgan fingerprint density at radius 3 is 2.89 bits per heavy atom. The fraction of sp³-hybridized carbons (Fsp3) is 0.381. The number of anilines is 1. The molecule has 1 fully saturated rings. The average molecular weight is 378 g/mol. The molecule has 1 aromatic carbocycles. The lowest BCUT2D eigenvalue weighted by Gasteiger charge is -2.22. The van der Waals surface area contributed by atoms with Crippen LogP contribution < -0.4 is 10.6 Å². The van der Waals surface area contributed by atoms with Gasteiger partial charge in [0.15, 0.2) is 5.69 Å². The van der Waals surface area contributed by atoms with Crippen molar-refractivity contribution in [2.75, 3.05) is 18.4 Å². The van der Waals surface area contributed by atoms with Crippen molar-refractivity contribution < 1.29 is 4.79 Å². The van der Waals surface area contributed by atoms with Crippen molar-refractivity contribution in [3.8, 4) is 5.69 Å². The number of nitrogens with zero attached hydrogens (tertiary/aromatic N) is 4. The van der Waals surface area contributed by atoms with Crippen molar-refractivity contribution in [2.24, 2.45) is 0 Å². The monoisotopic (exact) mass is 378 g/mol. The van der Waals surface area contributed by atoms with Crippen LogP contribution in [0.1, 0.15) is 46.2 Å². The van der Waals surface area contributed by atoms with Crippen molar-refractivity contribution in [1.29, 1.82) is 0 Å². The zero-order valence-electron chi connectivity index (χ0n) is 16.6. The van der Waals surface area contributed by atoms with Crippen LogP contribution in [0.2, 0.25) is 0 Å². The highest BCUT2D eigenvalue weighted by Gasteiger charge is 2.19. The minimum Gasteiger partial charge on any atom is -0.318 e. The summed E-state index contributed by atoms with van der Waals surface area (Å²) in [5.74, 6) is -0.217. The van der Waals surface area contributed by atoms with E-state index < -0.39 is 0 Å². The molecule has 3 aromatic rings. The quantitative estimate of drug-likeness (QED) is 0.731. The van der Waals surface area contributed by atoms with Gasteiger partial charge in [-0.25, -0.2) is 4.68 Å². The normalized spacial score (nSPS) is 16.9. The number of hydrogen-bond donors (Lipinski definition) is 2. The van der Waals surface area contributed by atoms with Crippen molar-refractivity contribution in [1.82, 2.24) is 24.9 Å². The number of hydrogen-bond acceptors (Lipinski definition) is 4. The summed E-state index contributed by atoms with van der Waals surface area (Å²) in [7, 11) is 0. The van der Waals surface area contributed by atoms with E-state index in [1.54, 1.807) is 12.3 Å². The van der Waals surface area contributed by atoms with Gasteiger partial charge >= 0.3 is 0 Å². The Hall–Kier alpha value is -2.93. The van der Waals surface area contributed by atoms with E-state index in [-0.39, 0.29) is 5.91 Å². The lowest BCUT2D eigenvalue weighted by molar-refractivity contribution is 0.102. The topological polar surface area (TPSA) is 76.8 Å². The van der Waals surface area contributed by atoms with Gasteiger partial charge in [0, 0.05) is 12.7 Å². The summed E-state index contributed by atoms with van der Waals surface area (Å²) < 4.78 is 3.76. The summed E-state index contributed by atoms with van der Waals surface area (Å²) >= 11 is 0. The first-order chi connectivity index (χ1) is 13.5. The lowest BCUT2D eigenvalue weighted by atomic mass is 10.1. The maximum Gasteiger partial charge on any atom is 0.276 e. The summed E-state index contributed by atoms with van der Waals surface area (Å²) in [5.41, 5.74) is 5.33. The number of nitrogens with one attached hydrogen (secondary N) is 2. The average Bonchev–Trinajstić information content (AvgIpc) is 3.33. The van der Waals surface area contributed by atoms with Crippen molar-refractivity contribution in [3.05, 3.63) is 59.2 Å². The van der Waals surface area contributed by atoms with Gasteiger partial charge in [0.2, 0.25) is 0 Å². The molecular weight excluding hydrogens is 352 g/mol. The molecule has 1 amide bonds. The summed E-state index contributed by atoms with van der Waals surface area (Å²) in [6.07, 6.45) is 5.79. The molecule has 28 heavy (non-hydrogen) atoms. The number of carbonyl (C=O) groups excluding carboxylic acids is 1. The molecule has 1 unspecified atom stereocenters. The van der Waals surface area contributed by atoms with Gasteiger partial charge in [0.25, 0.3) is 5.91 Å². The van der Waals surface area contributed by atoms with Crippen LogP contribution in [0.15, 0.2) is 36.7 Å². The predicted octanol–water partition coefficient (Wildman–Crippen LogP) is 3.17. The van der Waals surface area contributed by atoms with Crippen LogP contribution in [0, 0.1) is 20.8 Å². The molecule has 1 saturated heterocycles.